The van der Waals surface area contributed by atoms with Crippen LogP contribution in [0.3, 0.4) is 0 Å². The first kappa shape index (κ1) is 10.8. The van der Waals surface area contributed by atoms with Crippen molar-refractivity contribution in [3.8, 4) is 0 Å². The lowest BCUT2D eigenvalue weighted by molar-refractivity contribution is 0.517. The van der Waals surface area contributed by atoms with Gasteiger partial charge in [-0.25, -0.2) is 0 Å². The summed E-state index contributed by atoms with van der Waals surface area (Å²) >= 11 is 0. The molecular weight excluding hydrogens is 204 g/mol. The summed E-state index contributed by atoms with van der Waals surface area (Å²) in [6, 6.07) is 0. The van der Waals surface area contributed by atoms with Crippen molar-refractivity contribution in [2.75, 3.05) is 11.9 Å². The summed E-state index contributed by atoms with van der Waals surface area (Å²) < 4.78 is 1.66. The van der Waals surface area contributed by atoms with Crippen LogP contribution in [0.4, 0.5) is 5.82 Å². The van der Waals surface area contributed by atoms with Gasteiger partial charge in [-0.1, -0.05) is 26.7 Å². The normalized spacial score (nSPS) is 11.2. The molecule has 2 heterocycles. The maximum atomic E-state index is 4.09. The van der Waals surface area contributed by atoms with E-state index in [1.165, 1.54) is 12.8 Å². The zero-order valence-corrected chi connectivity index (χ0v) is 9.59. The van der Waals surface area contributed by atoms with Crippen LogP contribution >= 0.6 is 0 Å². The van der Waals surface area contributed by atoms with Crippen molar-refractivity contribution in [3.05, 3.63) is 12.4 Å². The van der Waals surface area contributed by atoms with Gasteiger partial charge < -0.3 is 5.32 Å². The van der Waals surface area contributed by atoms with E-state index < -0.39 is 0 Å². The highest BCUT2D eigenvalue weighted by molar-refractivity contribution is 5.43. The largest absolute Gasteiger partial charge is 0.368 e. The molecule has 0 bridgehead atoms. The molecule has 0 radical (unpaired) electrons. The molecule has 0 aliphatic carbocycles. The van der Waals surface area contributed by atoms with Crippen LogP contribution in [0.25, 0.3) is 5.65 Å². The van der Waals surface area contributed by atoms with E-state index in [4.69, 9.17) is 0 Å². The zero-order valence-electron chi connectivity index (χ0n) is 9.59. The molecule has 0 aliphatic rings. The fourth-order valence-corrected chi connectivity index (χ4v) is 1.62. The molecule has 0 saturated heterocycles. The van der Waals surface area contributed by atoms with Crippen LogP contribution in [0.1, 0.15) is 26.7 Å². The van der Waals surface area contributed by atoms with Crippen molar-refractivity contribution < 1.29 is 0 Å². The number of tetrazole rings is 1. The quantitative estimate of drug-likeness (QED) is 0.824. The Morgan fingerprint density at radius 1 is 1.31 bits per heavy atom. The molecule has 2 aromatic rings. The van der Waals surface area contributed by atoms with E-state index in [2.05, 4.69) is 39.7 Å². The highest BCUT2D eigenvalue weighted by atomic mass is 15.5. The molecule has 6 nitrogen and oxygen atoms in total. The summed E-state index contributed by atoms with van der Waals surface area (Å²) in [4.78, 5) is 4.09. The van der Waals surface area contributed by atoms with Crippen LogP contribution in [-0.2, 0) is 0 Å². The van der Waals surface area contributed by atoms with Crippen LogP contribution in [0.5, 0.6) is 0 Å². The Labute approximate surface area is 94.1 Å². The Morgan fingerprint density at radius 3 is 2.88 bits per heavy atom. The van der Waals surface area contributed by atoms with Gasteiger partial charge in [-0.15, -0.1) is 5.10 Å². The molecule has 0 atom stereocenters. The van der Waals surface area contributed by atoms with E-state index in [9.17, 15) is 0 Å². The van der Waals surface area contributed by atoms with Crippen LogP contribution in [0.2, 0.25) is 0 Å². The second-order valence-electron chi connectivity index (χ2n) is 3.80. The van der Waals surface area contributed by atoms with Crippen molar-refractivity contribution in [3.63, 3.8) is 0 Å². The minimum absolute atomic E-state index is 0.662. The maximum absolute atomic E-state index is 4.09. The van der Waals surface area contributed by atoms with Gasteiger partial charge in [0.15, 0.2) is 5.65 Å². The van der Waals surface area contributed by atoms with E-state index >= 15 is 0 Å². The van der Waals surface area contributed by atoms with Gasteiger partial charge in [0.2, 0.25) is 0 Å². The smallest absolute Gasteiger partial charge is 0.199 e. The van der Waals surface area contributed by atoms with Crippen LogP contribution in [0, 0.1) is 5.92 Å². The fourth-order valence-electron chi connectivity index (χ4n) is 1.62. The highest BCUT2D eigenvalue weighted by Gasteiger charge is 2.06. The first-order chi connectivity index (χ1) is 7.85. The number of nitrogens with one attached hydrogen (secondary N) is 1. The number of aromatic nitrogens is 5. The van der Waals surface area contributed by atoms with E-state index in [1.807, 2.05) is 0 Å². The third kappa shape index (κ3) is 2.10. The lowest BCUT2D eigenvalue weighted by Gasteiger charge is -2.13. The summed E-state index contributed by atoms with van der Waals surface area (Å²) in [5.74, 6) is 1.51. The van der Waals surface area contributed by atoms with Crippen molar-refractivity contribution in [1.29, 1.82) is 0 Å². The molecule has 0 spiro atoms. The number of anilines is 1. The van der Waals surface area contributed by atoms with Gasteiger partial charge in [-0.05, 0) is 16.3 Å². The maximum Gasteiger partial charge on any atom is 0.199 e. The second kappa shape index (κ2) is 4.87. The monoisotopic (exact) mass is 220 g/mol. The molecule has 0 aliphatic heterocycles. The fraction of sp³-hybridized carbons (Fsp3) is 0.600. The predicted octanol–water partition coefficient (Wildman–Crippen LogP) is 1.37. The minimum Gasteiger partial charge on any atom is -0.368 e. The first-order valence-corrected chi connectivity index (χ1v) is 5.61. The van der Waals surface area contributed by atoms with Crippen LogP contribution in [0.15, 0.2) is 12.4 Å². The van der Waals surface area contributed by atoms with Crippen LogP contribution < -0.4 is 5.32 Å². The number of rotatable bonds is 5. The van der Waals surface area contributed by atoms with Crippen molar-refractivity contribution in [1.82, 2.24) is 25.0 Å². The standard InChI is InChI=1S/C10H16N6/c1-3-8(4-2)5-12-9-6-11-7-10-13-14-15-16(9)10/h6-8,12H,3-5H2,1-2H3. The van der Waals surface area contributed by atoms with Crippen molar-refractivity contribution in [2.45, 2.75) is 26.7 Å². The van der Waals surface area contributed by atoms with E-state index in [0.717, 1.165) is 12.4 Å². The SMILES string of the molecule is CCC(CC)CNc1cncc2nnnn12. The minimum atomic E-state index is 0.662. The lowest BCUT2D eigenvalue weighted by Crippen LogP contribution is -2.15. The highest BCUT2D eigenvalue weighted by Crippen LogP contribution is 2.10. The molecule has 1 N–H and O–H groups in total. The Hall–Kier alpha value is -1.72. The molecule has 0 fully saturated rings. The van der Waals surface area contributed by atoms with Gasteiger partial charge in [-0.2, -0.15) is 4.52 Å². The van der Waals surface area contributed by atoms with Gasteiger partial charge in [0.05, 0.1) is 12.4 Å². The Balaban J connectivity index is 2.11. The molecule has 0 unspecified atom stereocenters. The third-order valence-corrected chi connectivity index (χ3v) is 2.84. The van der Waals surface area contributed by atoms with Crippen LogP contribution in [-0.4, -0.2) is 31.6 Å². The van der Waals surface area contributed by atoms with E-state index in [1.54, 1.807) is 16.9 Å². The van der Waals surface area contributed by atoms with Gasteiger partial charge >= 0.3 is 0 Å². The summed E-state index contributed by atoms with van der Waals surface area (Å²) in [7, 11) is 0. The molecule has 16 heavy (non-hydrogen) atoms. The topological polar surface area (TPSA) is 68.0 Å². The molecule has 2 rings (SSSR count). The number of nitrogens with zero attached hydrogens (tertiary/aromatic N) is 5. The molecule has 0 aromatic carbocycles. The summed E-state index contributed by atoms with van der Waals surface area (Å²) in [6.07, 6.45) is 5.72. The Kier molecular flexibility index (Phi) is 3.28. The second-order valence-corrected chi connectivity index (χ2v) is 3.80. The molecule has 0 saturated carbocycles. The van der Waals surface area contributed by atoms with Crippen molar-refractivity contribution >= 4 is 11.5 Å². The predicted molar refractivity (Wildman–Crippen MR) is 61.1 cm³/mol. The Morgan fingerprint density at radius 2 is 2.12 bits per heavy atom. The molecule has 86 valence electrons. The summed E-state index contributed by atoms with van der Waals surface area (Å²) in [5, 5.41) is 14.7. The van der Waals surface area contributed by atoms with Gasteiger partial charge in [0.25, 0.3) is 0 Å². The molecule has 6 heteroatoms. The lowest BCUT2D eigenvalue weighted by atomic mass is 10.0. The summed E-state index contributed by atoms with van der Waals surface area (Å²) in [5.41, 5.74) is 0.662. The average Bonchev–Trinajstić information content (AvgIpc) is 2.79. The van der Waals surface area contributed by atoms with Gasteiger partial charge in [0.1, 0.15) is 5.82 Å². The third-order valence-electron chi connectivity index (χ3n) is 2.84. The number of hydrogen-bond acceptors (Lipinski definition) is 5. The molecule has 0 amide bonds. The van der Waals surface area contributed by atoms with Crippen molar-refractivity contribution in [2.24, 2.45) is 5.92 Å². The van der Waals surface area contributed by atoms with Gasteiger partial charge in [-0.3, -0.25) is 4.98 Å². The number of hydrogen-bond donors (Lipinski definition) is 1. The Bertz CT molecular complexity index is 447. The van der Waals surface area contributed by atoms with Gasteiger partial charge in [0, 0.05) is 6.54 Å². The molecule has 2 aromatic heterocycles. The first-order valence-electron chi connectivity index (χ1n) is 5.61. The summed E-state index contributed by atoms with van der Waals surface area (Å²) in [6.45, 7) is 5.32. The zero-order chi connectivity index (χ0) is 11.4. The average molecular weight is 220 g/mol. The molecular formula is C10H16N6. The number of fused-ring (bicyclic) bond motifs is 1. The van der Waals surface area contributed by atoms with E-state index in [-0.39, 0.29) is 0 Å². The van der Waals surface area contributed by atoms with E-state index in [0.29, 0.717) is 11.6 Å².